The number of nitrogens with one attached hydrogen (secondary N) is 1. The molecule has 2 aliphatic heterocycles. The first-order chi connectivity index (χ1) is 12.1. The fourth-order valence-corrected chi connectivity index (χ4v) is 5.60. The van der Waals surface area contributed by atoms with Gasteiger partial charge in [-0.05, 0) is 39.2 Å². The van der Waals surface area contributed by atoms with Gasteiger partial charge < -0.3 is 15.2 Å². The summed E-state index contributed by atoms with van der Waals surface area (Å²) in [6.07, 6.45) is 5.73. The second-order valence-corrected chi connectivity index (χ2v) is 8.34. The number of esters is 1. The zero-order valence-electron chi connectivity index (χ0n) is 14.8. The van der Waals surface area contributed by atoms with E-state index in [1.54, 1.807) is 18.7 Å². The van der Waals surface area contributed by atoms with E-state index in [2.05, 4.69) is 5.32 Å². The van der Waals surface area contributed by atoms with Crippen molar-refractivity contribution in [2.24, 2.45) is 5.92 Å². The standard InChI is InChI=1S/C18H28N2O4S/c1-2-24-18(23)16-13-7-3-4-8-14(13)25-17(16)19-15(22)11-20-9-5-6-12(21)10-20/h12-14,21H,2-11H2,1H3,(H,19,22). The van der Waals surface area contributed by atoms with Gasteiger partial charge in [0.25, 0.3) is 0 Å². The van der Waals surface area contributed by atoms with Crippen LogP contribution in [0.5, 0.6) is 0 Å². The van der Waals surface area contributed by atoms with Crippen LogP contribution in [-0.2, 0) is 14.3 Å². The van der Waals surface area contributed by atoms with Crippen LogP contribution < -0.4 is 5.32 Å². The number of amides is 1. The molecular formula is C18H28N2O4S. The van der Waals surface area contributed by atoms with Crippen molar-refractivity contribution < 1.29 is 19.4 Å². The molecule has 25 heavy (non-hydrogen) atoms. The van der Waals surface area contributed by atoms with Crippen LogP contribution in [0.4, 0.5) is 0 Å². The summed E-state index contributed by atoms with van der Waals surface area (Å²) in [6.45, 7) is 3.77. The van der Waals surface area contributed by atoms with Gasteiger partial charge in [-0.3, -0.25) is 9.69 Å². The average molecular weight is 368 g/mol. The molecule has 0 spiro atoms. The van der Waals surface area contributed by atoms with Gasteiger partial charge in [0, 0.05) is 17.7 Å². The smallest absolute Gasteiger partial charge is 0.336 e. The lowest BCUT2D eigenvalue weighted by Crippen LogP contribution is -2.44. The third-order valence-corrected chi connectivity index (χ3v) is 6.61. The molecule has 3 rings (SSSR count). The number of aliphatic hydroxyl groups excluding tert-OH is 1. The molecule has 0 bridgehead atoms. The number of ether oxygens (including phenoxy) is 1. The number of β-amino-alcohol motifs (C(OH)–C–C–N with tert-alkyl or cyclic N) is 1. The highest BCUT2D eigenvalue weighted by molar-refractivity contribution is 8.04. The molecule has 0 radical (unpaired) electrons. The number of aliphatic hydroxyl groups is 1. The topological polar surface area (TPSA) is 78.9 Å². The Morgan fingerprint density at radius 3 is 2.84 bits per heavy atom. The van der Waals surface area contributed by atoms with Gasteiger partial charge >= 0.3 is 5.97 Å². The number of carbonyl (C=O) groups is 2. The summed E-state index contributed by atoms with van der Waals surface area (Å²) in [5.41, 5.74) is 0.670. The molecule has 0 aromatic rings. The normalized spacial score (nSPS) is 30.1. The highest BCUT2D eigenvalue weighted by atomic mass is 32.2. The van der Waals surface area contributed by atoms with Gasteiger partial charge in [0.05, 0.1) is 29.9 Å². The molecule has 0 aromatic heterocycles. The van der Waals surface area contributed by atoms with Crippen molar-refractivity contribution in [2.75, 3.05) is 26.2 Å². The molecule has 1 saturated heterocycles. The first kappa shape index (κ1) is 18.7. The van der Waals surface area contributed by atoms with Crippen molar-refractivity contribution in [1.82, 2.24) is 10.2 Å². The minimum Gasteiger partial charge on any atom is -0.463 e. The van der Waals surface area contributed by atoms with Gasteiger partial charge in [-0.15, -0.1) is 11.8 Å². The molecule has 2 heterocycles. The number of piperidine rings is 1. The summed E-state index contributed by atoms with van der Waals surface area (Å²) in [7, 11) is 0. The molecule has 3 unspecified atom stereocenters. The molecule has 1 aliphatic carbocycles. The Hall–Kier alpha value is -1.05. The van der Waals surface area contributed by atoms with Crippen LogP contribution in [0.3, 0.4) is 0 Å². The van der Waals surface area contributed by atoms with Crippen LogP contribution in [0.25, 0.3) is 0 Å². The first-order valence-electron chi connectivity index (χ1n) is 9.36. The minimum atomic E-state index is -0.348. The summed E-state index contributed by atoms with van der Waals surface area (Å²) >= 11 is 1.63. The summed E-state index contributed by atoms with van der Waals surface area (Å²) in [5, 5.41) is 13.8. The molecule has 7 heteroatoms. The number of thioether (sulfide) groups is 1. The molecule has 1 amide bonds. The molecule has 0 aromatic carbocycles. The Morgan fingerprint density at radius 1 is 1.28 bits per heavy atom. The SMILES string of the molecule is CCOC(=O)C1=C(NC(=O)CN2CCCC(O)C2)SC2CCCCC12. The van der Waals surface area contributed by atoms with Crippen LogP contribution in [0.1, 0.15) is 45.4 Å². The molecule has 3 aliphatic rings. The van der Waals surface area contributed by atoms with E-state index in [0.717, 1.165) is 38.6 Å². The van der Waals surface area contributed by atoms with Crippen molar-refractivity contribution in [1.29, 1.82) is 0 Å². The second kappa shape index (κ2) is 8.56. The van der Waals surface area contributed by atoms with E-state index in [0.29, 0.717) is 29.0 Å². The van der Waals surface area contributed by atoms with Gasteiger partial charge in [-0.25, -0.2) is 4.79 Å². The van der Waals surface area contributed by atoms with Crippen LogP contribution in [0, 0.1) is 5.92 Å². The fourth-order valence-electron chi connectivity index (χ4n) is 4.05. The van der Waals surface area contributed by atoms with E-state index < -0.39 is 0 Å². The highest BCUT2D eigenvalue weighted by Crippen LogP contribution is 2.48. The average Bonchev–Trinajstić information content (AvgIpc) is 2.92. The summed E-state index contributed by atoms with van der Waals surface area (Å²) in [6, 6.07) is 0. The maximum Gasteiger partial charge on any atom is 0.336 e. The van der Waals surface area contributed by atoms with E-state index in [4.69, 9.17) is 4.74 Å². The molecular weight excluding hydrogens is 340 g/mol. The number of carbonyl (C=O) groups excluding carboxylic acids is 2. The van der Waals surface area contributed by atoms with Crippen molar-refractivity contribution in [3.63, 3.8) is 0 Å². The van der Waals surface area contributed by atoms with Crippen LogP contribution >= 0.6 is 11.8 Å². The Labute approximate surface area is 153 Å². The summed E-state index contributed by atoms with van der Waals surface area (Å²) in [4.78, 5) is 26.9. The van der Waals surface area contributed by atoms with E-state index >= 15 is 0 Å². The van der Waals surface area contributed by atoms with Crippen molar-refractivity contribution in [3.05, 3.63) is 10.6 Å². The maximum absolute atomic E-state index is 12.5. The Bertz CT molecular complexity index is 551. The highest BCUT2D eigenvalue weighted by Gasteiger charge is 2.41. The zero-order valence-corrected chi connectivity index (χ0v) is 15.6. The molecule has 1 saturated carbocycles. The number of fused-ring (bicyclic) bond motifs is 1. The third-order valence-electron chi connectivity index (χ3n) is 5.18. The van der Waals surface area contributed by atoms with E-state index in [-0.39, 0.29) is 30.4 Å². The summed E-state index contributed by atoms with van der Waals surface area (Å²) in [5.74, 6) is -0.199. The predicted molar refractivity (Wildman–Crippen MR) is 96.8 cm³/mol. The molecule has 6 nitrogen and oxygen atoms in total. The van der Waals surface area contributed by atoms with Gasteiger partial charge in [0.1, 0.15) is 0 Å². The van der Waals surface area contributed by atoms with Gasteiger partial charge in [0.15, 0.2) is 0 Å². The predicted octanol–water partition coefficient (Wildman–Crippen LogP) is 1.64. The van der Waals surface area contributed by atoms with Gasteiger partial charge in [-0.2, -0.15) is 0 Å². The number of rotatable bonds is 5. The fraction of sp³-hybridized carbons (Fsp3) is 0.778. The van der Waals surface area contributed by atoms with Crippen molar-refractivity contribution in [3.8, 4) is 0 Å². The lowest BCUT2D eigenvalue weighted by atomic mass is 9.84. The van der Waals surface area contributed by atoms with Crippen LogP contribution in [0.2, 0.25) is 0 Å². The van der Waals surface area contributed by atoms with Gasteiger partial charge in [0.2, 0.25) is 5.91 Å². The van der Waals surface area contributed by atoms with E-state index in [9.17, 15) is 14.7 Å². The summed E-state index contributed by atoms with van der Waals surface area (Å²) < 4.78 is 5.25. The maximum atomic E-state index is 12.5. The molecule has 2 N–H and O–H groups in total. The lowest BCUT2D eigenvalue weighted by Gasteiger charge is -2.29. The number of hydrogen-bond donors (Lipinski definition) is 2. The minimum absolute atomic E-state index is 0.114. The van der Waals surface area contributed by atoms with Gasteiger partial charge in [-0.1, -0.05) is 12.8 Å². The molecule has 2 fully saturated rings. The van der Waals surface area contributed by atoms with E-state index in [1.807, 2.05) is 4.90 Å². The molecule has 3 atom stereocenters. The van der Waals surface area contributed by atoms with Crippen molar-refractivity contribution in [2.45, 2.75) is 56.8 Å². The third kappa shape index (κ3) is 4.57. The Kier molecular flexibility index (Phi) is 6.41. The van der Waals surface area contributed by atoms with Crippen LogP contribution in [-0.4, -0.2) is 59.5 Å². The Morgan fingerprint density at radius 2 is 2.08 bits per heavy atom. The lowest BCUT2D eigenvalue weighted by molar-refractivity contribution is -0.139. The second-order valence-electron chi connectivity index (χ2n) is 7.09. The van der Waals surface area contributed by atoms with E-state index in [1.165, 1.54) is 6.42 Å². The quantitative estimate of drug-likeness (QED) is 0.718. The first-order valence-corrected chi connectivity index (χ1v) is 10.2. The Balaban J connectivity index is 1.67. The molecule has 140 valence electrons. The number of nitrogens with zero attached hydrogens (tertiary/aromatic N) is 1. The zero-order chi connectivity index (χ0) is 17.8. The number of hydrogen-bond acceptors (Lipinski definition) is 6. The monoisotopic (exact) mass is 368 g/mol. The largest absolute Gasteiger partial charge is 0.463 e. The number of likely N-dealkylation sites (tertiary alicyclic amines) is 1. The van der Waals surface area contributed by atoms with Crippen LogP contribution in [0.15, 0.2) is 10.6 Å². The van der Waals surface area contributed by atoms with Crippen molar-refractivity contribution >= 4 is 23.6 Å².